The average Bonchev–Trinajstić information content (AvgIpc) is 3.21. The molecule has 2 aromatic rings. The Labute approximate surface area is 229 Å². The molecule has 2 aliphatic heterocycles. The molecule has 206 valence electrons. The Bertz CT molecular complexity index is 1230. The maximum atomic E-state index is 13.4. The topological polar surface area (TPSA) is 88.5 Å². The number of nitrogens with zero attached hydrogens (tertiary/aromatic N) is 2. The molecule has 1 amide bonds. The van der Waals surface area contributed by atoms with E-state index in [-0.39, 0.29) is 11.3 Å². The minimum Gasteiger partial charge on any atom is -0.507 e. The van der Waals surface area contributed by atoms with Crippen molar-refractivity contribution in [3.63, 3.8) is 0 Å². The molecule has 0 radical (unpaired) electrons. The minimum absolute atomic E-state index is 0.0743. The molecule has 0 saturated carbocycles. The van der Waals surface area contributed by atoms with E-state index in [1.165, 1.54) is 0 Å². The van der Waals surface area contributed by atoms with E-state index < -0.39 is 17.7 Å². The molecular formula is C31H36N2O6. The first kappa shape index (κ1) is 28.1. The number of amides is 1. The Morgan fingerprint density at radius 1 is 1.03 bits per heavy atom. The number of aliphatic hydroxyl groups is 1. The summed E-state index contributed by atoms with van der Waals surface area (Å²) >= 11 is 0. The van der Waals surface area contributed by atoms with Crippen molar-refractivity contribution in [3.8, 4) is 11.5 Å². The average molecular weight is 533 g/mol. The van der Waals surface area contributed by atoms with Crippen LogP contribution in [0.2, 0.25) is 0 Å². The third-order valence-electron chi connectivity index (χ3n) is 6.89. The standard InChI is InChI=1S/C31H36N2O6/c1-4-17-38-25-10-7-23(8-11-25)28-27(29(34)24-9-12-26(22(3)21-24)39-18-5-2)30(35)31(36)33(28)14-6-13-32-15-19-37-20-16-32/h4-5,7-12,21,28,34H,1-2,6,13-20H2,3H3. The fourth-order valence-corrected chi connectivity index (χ4v) is 4.91. The second-order valence-corrected chi connectivity index (χ2v) is 9.55. The van der Waals surface area contributed by atoms with E-state index >= 15 is 0 Å². The molecule has 0 spiro atoms. The molecule has 2 aromatic carbocycles. The van der Waals surface area contributed by atoms with Crippen molar-refractivity contribution in [2.24, 2.45) is 0 Å². The molecule has 8 heteroatoms. The van der Waals surface area contributed by atoms with Crippen molar-refractivity contribution in [3.05, 3.63) is 90.0 Å². The fourth-order valence-electron chi connectivity index (χ4n) is 4.91. The predicted octanol–water partition coefficient (Wildman–Crippen LogP) is 4.27. The van der Waals surface area contributed by atoms with Crippen LogP contribution >= 0.6 is 0 Å². The summed E-state index contributed by atoms with van der Waals surface area (Å²) in [6.45, 7) is 14.2. The third kappa shape index (κ3) is 6.58. The van der Waals surface area contributed by atoms with Gasteiger partial charge in [0.25, 0.3) is 11.7 Å². The Hall–Kier alpha value is -3.88. The van der Waals surface area contributed by atoms with E-state index in [4.69, 9.17) is 14.2 Å². The molecule has 2 heterocycles. The van der Waals surface area contributed by atoms with Gasteiger partial charge in [-0.05, 0) is 54.8 Å². The molecule has 39 heavy (non-hydrogen) atoms. The molecule has 4 rings (SSSR count). The lowest BCUT2D eigenvalue weighted by atomic mass is 9.94. The summed E-state index contributed by atoms with van der Waals surface area (Å²) in [5.74, 6) is -0.214. The first-order valence-corrected chi connectivity index (χ1v) is 13.2. The molecule has 1 atom stereocenters. The Morgan fingerprint density at radius 2 is 1.72 bits per heavy atom. The molecule has 0 aromatic heterocycles. The lowest BCUT2D eigenvalue weighted by Crippen LogP contribution is -2.38. The van der Waals surface area contributed by atoms with Crippen LogP contribution in [-0.4, -0.2) is 79.2 Å². The van der Waals surface area contributed by atoms with Gasteiger partial charge in [-0.25, -0.2) is 0 Å². The SMILES string of the molecule is C=CCOc1ccc(C2C(=C(O)c3ccc(OCC=C)c(C)c3)C(=O)C(=O)N2CCCN2CCOCC2)cc1. The smallest absolute Gasteiger partial charge is 0.295 e. The van der Waals surface area contributed by atoms with Gasteiger partial charge >= 0.3 is 0 Å². The number of rotatable bonds is 12. The zero-order chi connectivity index (χ0) is 27.8. The number of aryl methyl sites for hydroxylation is 1. The Morgan fingerprint density at radius 3 is 2.38 bits per heavy atom. The molecule has 1 unspecified atom stereocenters. The van der Waals surface area contributed by atoms with E-state index in [0.29, 0.717) is 56.5 Å². The molecule has 2 fully saturated rings. The van der Waals surface area contributed by atoms with Crippen molar-refractivity contribution in [1.29, 1.82) is 0 Å². The molecule has 1 N–H and O–H groups in total. The van der Waals surface area contributed by atoms with E-state index in [9.17, 15) is 14.7 Å². The zero-order valence-corrected chi connectivity index (χ0v) is 22.4. The van der Waals surface area contributed by atoms with Gasteiger partial charge in [-0.2, -0.15) is 0 Å². The van der Waals surface area contributed by atoms with Crippen LogP contribution in [0.4, 0.5) is 0 Å². The highest BCUT2D eigenvalue weighted by Crippen LogP contribution is 2.40. The number of ketones is 1. The monoisotopic (exact) mass is 532 g/mol. The van der Waals surface area contributed by atoms with Crippen LogP contribution in [-0.2, 0) is 14.3 Å². The highest BCUT2D eigenvalue weighted by Gasteiger charge is 2.45. The quantitative estimate of drug-likeness (QED) is 0.189. The van der Waals surface area contributed by atoms with Crippen LogP contribution in [0.25, 0.3) is 5.76 Å². The second-order valence-electron chi connectivity index (χ2n) is 9.55. The van der Waals surface area contributed by atoms with Gasteiger partial charge in [0.1, 0.15) is 30.5 Å². The number of ether oxygens (including phenoxy) is 3. The number of likely N-dealkylation sites (tertiary alicyclic amines) is 1. The van der Waals surface area contributed by atoms with Gasteiger partial charge in [0.05, 0.1) is 24.8 Å². The lowest BCUT2D eigenvalue weighted by Gasteiger charge is -2.29. The van der Waals surface area contributed by atoms with Crippen molar-refractivity contribution in [2.75, 3.05) is 52.6 Å². The van der Waals surface area contributed by atoms with Gasteiger partial charge in [-0.3, -0.25) is 14.5 Å². The number of Topliss-reactive ketones (excluding diaryl/α,β-unsaturated/α-hetero) is 1. The van der Waals surface area contributed by atoms with E-state index in [1.807, 2.05) is 19.1 Å². The maximum Gasteiger partial charge on any atom is 0.295 e. The van der Waals surface area contributed by atoms with E-state index in [1.54, 1.807) is 47.4 Å². The largest absolute Gasteiger partial charge is 0.507 e. The van der Waals surface area contributed by atoms with Gasteiger partial charge in [-0.1, -0.05) is 37.4 Å². The number of hydrogen-bond acceptors (Lipinski definition) is 7. The van der Waals surface area contributed by atoms with Crippen LogP contribution in [0, 0.1) is 6.92 Å². The van der Waals surface area contributed by atoms with Crippen LogP contribution in [0.5, 0.6) is 11.5 Å². The normalized spacial score (nSPS) is 19.2. The molecule has 2 saturated heterocycles. The molecule has 8 nitrogen and oxygen atoms in total. The second kappa shape index (κ2) is 13.3. The van der Waals surface area contributed by atoms with Gasteiger partial charge in [0.2, 0.25) is 0 Å². The van der Waals surface area contributed by atoms with Crippen LogP contribution in [0.1, 0.15) is 29.2 Å². The van der Waals surface area contributed by atoms with Gasteiger partial charge < -0.3 is 24.2 Å². The first-order valence-electron chi connectivity index (χ1n) is 13.2. The lowest BCUT2D eigenvalue weighted by molar-refractivity contribution is -0.140. The van der Waals surface area contributed by atoms with Gasteiger partial charge in [0.15, 0.2) is 0 Å². The van der Waals surface area contributed by atoms with Crippen LogP contribution in [0.15, 0.2) is 73.3 Å². The third-order valence-corrected chi connectivity index (χ3v) is 6.89. The zero-order valence-electron chi connectivity index (χ0n) is 22.4. The summed E-state index contributed by atoms with van der Waals surface area (Å²) in [7, 11) is 0. The summed E-state index contributed by atoms with van der Waals surface area (Å²) in [5, 5.41) is 11.4. The van der Waals surface area contributed by atoms with Crippen LogP contribution < -0.4 is 9.47 Å². The number of carbonyl (C=O) groups excluding carboxylic acids is 2. The molecule has 0 bridgehead atoms. The highest BCUT2D eigenvalue weighted by molar-refractivity contribution is 6.46. The Balaban J connectivity index is 1.67. The number of benzene rings is 2. The first-order chi connectivity index (χ1) is 18.9. The molecule has 0 aliphatic carbocycles. The minimum atomic E-state index is -0.722. The molecular weight excluding hydrogens is 496 g/mol. The van der Waals surface area contributed by atoms with Crippen molar-refractivity contribution in [1.82, 2.24) is 9.80 Å². The predicted molar refractivity (Wildman–Crippen MR) is 150 cm³/mol. The number of hydrogen-bond donors (Lipinski definition) is 1. The number of morpholine rings is 1. The van der Waals surface area contributed by atoms with Crippen molar-refractivity contribution >= 4 is 17.4 Å². The number of aliphatic hydroxyl groups excluding tert-OH is 1. The highest BCUT2D eigenvalue weighted by atomic mass is 16.5. The maximum absolute atomic E-state index is 13.4. The summed E-state index contributed by atoms with van der Waals surface area (Å²) in [6, 6.07) is 11.7. The van der Waals surface area contributed by atoms with Crippen molar-refractivity contribution in [2.45, 2.75) is 19.4 Å². The summed E-state index contributed by atoms with van der Waals surface area (Å²) in [6.07, 6.45) is 4.01. The van der Waals surface area contributed by atoms with E-state index in [2.05, 4.69) is 18.1 Å². The fraction of sp³-hybridized carbons (Fsp3) is 0.355. The van der Waals surface area contributed by atoms with E-state index in [0.717, 1.165) is 30.8 Å². The van der Waals surface area contributed by atoms with Crippen LogP contribution in [0.3, 0.4) is 0 Å². The summed E-state index contributed by atoms with van der Waals surface area (Å²) < 4.78 is 16.7. The summed E-state index contributed by atoms with van der Waals surface area (Å²) in [5.41, 5.74) is 2.03. The van der Waals surface area contributed by atoms with Gasteiger partial charge in [0, 0.05) is 31.7 Å². The number of carbonyl (C=O) groups is 2. The molecule has 2 aliphatic rings. The Kier molecular flexibility index (Phi) is 9.57. The summed E-state index contributed by atoms with van der Waals surface area (Å²) in [4.78, 5) is 30.5. The van der Waals surface area contributed by atoms with Crippen molar-refractivity contribution < 1.29 is 28.9 Å². The van der Waals surface area contributed by atoms with Gasteiger partial charge in [-0.15, -0.1) is 0 Å².